The monoisotopic (exact) mass is 273 g/mol. The minimum absolute atomic E-state index is 0.0565. The Morgan fingerprint density at radius 2 is 2.28 bits per heavy atom. The number of aliphatic hydroxyl groups is 1. The lowest BCUT2D eigenvalue weighted by atomic mass is 10.1. The molecule has 2 N–H and O–H groups in total. The molecule has 0 saturated heterocycles. The molecule has 2 unspecified atom stereocenters. The van der Waals surface area contributed by atoms with E-state index in [1.807, 2.05) is 0 Å². The first kappa shape index (κ1) is 13.5. The summed E-state index contributed by atoms with van der Waals surface area (Å²) in [7, 11) is -1.77. The lowest BCUT2D eigenvalue weighted by Gasteiger charge is -2.09. The standard InChI is InChI=1S/C11H19N3O3S/c1-8-13-11(7-14(8)2)18(16,17)12-6-9-3-4-10(15)5-9/h7,9-10,12,15H,3-6H2,1-2H3. The fourth-order valence-electron chi connectivity index (χ4n) is 2.19. The molecule has 7 heteroatoms. The van der Waals surface area contributed by atoms with Gasteiger partial charge in [0.05, 0.1) is 6.10 Å². The van der Waals surface area contributed by atoms with E-state index in [1.165, 1.54) is 6.20 Å². The number of nitrogens with zero attached hydrogens (tertiary/aromatic N) is 2. The van der Waals surface area contributed by atoms with Crippen molar-refractivity contribution < 1.29 is 13.5 Å². The lowest BCUT2D eigenvalue weighted by molar-refractivity contribution is 0.178. The van der Waals surface area contributed by atoms with Crippen LogP contribution in [0.3, 0.4) is 0 Å². The highest BCUT2D eigenvalue weighted by Gasteiger charge is 2.25. The van der Waals surface area contributed by atoms with Gasteiger partial charge in [0.2, 0.25) is 0 Å². The Balaban J connectivity index is 1.99. The normalized spacial score (nSPS) is 24.6. The average Bonchev–Trinajstić information content (AvgIpc) is 2.84. The van der Waals surface area contributed by atoms with E-state index >= 15 is 0 Å². The number of aromatic nitrogens is 2. The van der Waals surface area contributed by atoms with Crippen LogP contribution in [0.2, 0.25) is 0 Å². The smallest absolute Gasteiger partial charge is 0.259 e. The van der Waals surface area contributed by atoms with Gasteiger partial charge >= 0.3 is 0 Å². The summed E-state index contributed by atoms with van der Waals surface area (Å²) in [5.41, 5.74) is 0. The van der Waals surface area contributed by atoms with Gasteiger partial charge in [-0.05, 0) is 32.1 Å². The number of hydrogen-bond acceptors (Lipinski definition) is 4. The Hall–Kier alpha value is -0.920. The van der Waals surface area contributed by atoms with E-state index < -0.39 is 10.0 Å². The largest absolute Gasteiger partial charge is 0.393 e. The van der Waals surface area contributed by atoms with E-state index in [-0.39, 0.29) is 17.0 Å². The number of rotatable bonds is 4. The van der Waals surface area contributed by atoms with Gasteiger partial charge in [0.25, 0.3) is 10.0 Å². The summed E-state index contributed by atoms with van der Waals surface area (Å²) in [6.45, 7) is 2.13. The quantitative estimate of drug-likeness (QED) is 0.819. The Labute approximate surface area is 107 Å². The first-order valence-electron chi connectivity index (χ1n) is 6.06. The van der Waals surface area contributed by atoms with E-state index in [2.05, 4.69) is 9.71 Å². The molecule has 1 aliphatic carbocycles. The van der Waals surface area contributed by atoms with Crippen molar-refractivity contribution in [1.29, 1.82) is 0 Å². The van der Waals surface area contributed by atoms with Crippen molar-refractivity contribution in [2.75, 3.05) is 6.54 Å². The minimum atomic E-state index is -3.53. The lowest BCUT2D eigenvalue weighted by Crippen LogP contribution is -2.29. The molecule has 0 aliphatic heterocycles. The molecule has 6 nitrogen and oxygen atoms in total. The summed E-state index contributed by atoms with van der Waals surface area (Å²) >= 11 is 0. The summed E-state index contributed by atoms with van der Waals surface area (Å²) in [6.07, 6.45) is 3.52. The molecule has 2 atom stereocenters. The maximum Gasteiger partial charge on any atom is 0.259 e. The van der Waals surface area contributed by atoms with Crippen molar-refractivity contribution in [2.45, 2.75) is 37.3 Å². The molecular formula is C11H19N3O3S. The van der Waals surface area contributed by atoms with Gasteiger partial charge in [0.1, 0.15) is 5.82 Å². The van der Waals surface area contributed by atoms with Crippen molar-refractivity contribution >= 4 is 10.0 Å². The van der Waals surface area contributed by atoms with Crippen LogP contribution in [0, 0.1) is 12.8 Å². The van der Waals surface area contributed by atoms with Crippen LogP contribution in [0.15, 0.2) is 11.2 Å². The number of imidazole rings is 1. The van der Waals surface area contributed by atoms with E-state index in [1.54, 1.807) is 18.5 Å². The first-order chi connectivity index (χ1) is 8.38. The Morgan fingerprint density at radius 3 is 2.78 bits per heavy atom. The van der Waals surface area contributed by atoms with Crippen LogP contribution >= 0.6 is 0 Å². The molecule has 0 spiro atoms. The Kier molecular flexibility index (Phi) is 3.74. The van der Waals surface area contributed by atoms with Crippen LogP contribution < -0.4 is 4.72 Å². The van der Waals surface area contributed by atoms with E-state index in [4.69, 9.17) is 0 Å². The number of aryl methyl sites for hydroxylation is 2. The molecule has 1 aromatic rings. The third-order valence-electron chi connectivity index (χ3n) is 3.44. The van der Waals surface area contributed by atoms with Crippen LogP contribution in [-0.4, -0.2) is 35.7 Å². The van der Waals surface area contributed by atoms with E-state index in [9.17, 15) is 13.5 Å². The summed E-state index contributed by atoms with van der Waals surface area (Å²) in [4.78, 5) is 4.01. The second-order valence-electron chi connectivity index (χ2n) is 4.92. The maximum absolute atomic E-state index is 12.0. The van der Waals surface area contributed by atoms with Crippen LogP contribution in [0.1, 0.15) is 25.1 Å². The summed E-state index contributed by atoms with van der Waals surface area (Å²) in [5, 5.41) is 9.45. The predicted molar refractivity (Wildman–Crippen MR) is 66.5 cm³/mol. The molecule has 1 aliphatic rings. The highest BCUT2D eigenvalue weighted by molar-refractivity contribution is 7.89. The first-order valence-corrected chi connectivity index (χ1v) is 7.54. The zero-order chi connectivity index (χ0) is 13.3. The second-order valence-corrected chi connectivity index (χ2v) is 6.64. The molecule has 2 rings (SSSR count). The van der Waals surface area contributed by atoms with Crippen molar-refractivity contribution in [2.24, 2.45) is 13.0 Å². The van der Waals surface area contributed by atoms with Crippen molar-refractivity contribution in [3.05, 3.63) is 12.0 Å². The van der Waals surface area contributed by atoms with Crippen LogP contribution in [0.5, 0.6) is 0 Å². The van der Waals surface area contributed by atoms with Gasteiger partial charge in [-0.2, -0.15) is 0 Å². The minimum Gasteiger partial charge on any atom is -0.393 e. The zero-order valence-electron chi connectivity index (χ0n) is 10.6. The van der Waals surface area contributed by atoms with Crippen LogP contribution in [-0.2, 0) is 17.1 Å². The molecule has 0 bridgehead atoms. The maximum atomic E-state index is 12.0. The van der Waals surface area contributed by atoms with Crippen molar-refractivity contribution in [3.63, 3.8) is 0 Å². The average molecular weight is 273 g/mol. The molecule has 1 fully saturated rings. The summed E-state index contributed by atoms with van der Waals surface area (Å²) < 4.78 is 28.2. The van der Waals surface area contributed by atoms with Gasteiger partial charge in [-0.3, -0.25) is 0 Å². The summed E-state index contributed by atoms with van der Waals surface area (Å²) in [6, 6.07) is 0. The van der Waals surface area contributed by atoms with Gasteiger partial charge in [-0.1, -0.05) is 0 Å². The zero-order valence-corrected chi connectivity index (χ0v) is 11.4. The highest BCUT2D eigenvalue weighted by Crippen LogP contribution is 2.24. The third kappa shape index (κ3) is 2.90. The van der Waals surface area contributed by atoms with Crippen molar-refractivity contribution in [1.82, 2.24) is 14.3 Å². The van der Waals surface area contributed by atoms with Gasteiger partial charge in [0.15, 0.2) is 5.03 Å². The van der Waals surface area contributed by atoms with Crippen LogP contribution in [0.4, 0.5) is 0 Å². The number of hydrogen-bond donors (Lipinski definition) is 2. The van der Waals surface area contributed by atoms with Crippen LogP contribution in [0.25, 0.3) is 0 Å². The van der Waals surface area contributed by atoms with E-state index in [0.717, 1.165) is 12.8 Å². The predicted octanol–water partition coefficient (Wildman–Crippen LogP) is 0.168. The molecule has 0 radical (unpaired) electrons. The molecular weight excluding hydrogens is 254 g/mol. The second kappa shape index (κ2) is 4.99. The highest BCUT2D eigenvalue weighted by atomic mass is 32.2. The SMILES string of the molecule is Cc1nc(S(=O)(=O)NCC2CCC(O)C2)cn1C. The third-order valence-corrected chi connectivity index (χ3v) is 4.73. The van der Waals surface area contributed by atoms with Crippen molar-refractivity contribution in [3.8, 4) is 0 Å². The van der Waals surface area contributed by atoms with E-state index in [0.29, 0.717) is 18.8 Å². The molecule has 18 heavy (non-hydrogen) atoms. The topological polar surface area (TPSA) is 84.2 Å². The molecule has 1 heterocycles. The number of aliphatic hydroxyl groups excluding tert-OH is 1. The van der Waals surface area contributed by atoms with Gasteiger partial charge in [-0.25, -0.2) is 18.1 Å². The summed E-state index contributed by atoms with van der Waals surface area (Å²) in [5.74, 6) is 0.881. The number of nitrogens with one attached hydrogen (secondary N) is 1. The molecule has 102 valence electrons. The molecule has 0 aromatic carbocycles. The fourth-order valence-corrected chi connectivity index (χ4v) is 3.34. The Morgan fingerprint density at radius 1 is 1.56 bits per heavy atom. The molecule has 1 saturated carbocycles. The van der Waals surface area contributed by atoms with Gasteiger partial charge < -0.3 is 9.67 Å². The molecule has 1 aromatic heterocycles. The van der Waals surface area contributed by atoms with Gasteiger partial charge in [-0.15, -0.1) is 0 Å². The fraction of sp³-hybridized carbons (Fsp3) is 0.727. The number of sulfonamides is 1. The van der Waals surface area contributed by atoms with Gasteiger partial charge in [0, 0.05) is 19.8 Å². The Bertz CT molecular complexity index is 504. The molecule has 0 amide bonds.